The highest BCUT2D eigenvalue weighted by molar-refractivity contribution is 7.26. The lowest BCUT2D eigenvalue weighted by Crippen LogP contribution is -2.01. The van der Waals surface area contributed by atoms with Crippen LogP contribution in [-0.4, -0.2) is 24.1 Å². The van der Waals surface area contributed by atoms with Crippen LogP contribution < -0.4 is 0 Å². The van der Waals surface area contributed by atoms with Gasteiger partial charge in [0.2, 0.25) is 0 Å². The van der Waals surface area contributed by atoms with E-state index in [4.69, 9.17) is 15.0 Å². The number of fused-ring (bicyclic) bond motifs is 10. The summed E-state index contributed by atoms with van der Waals surface area (Å²) >= 11 is 1.87. The Morgan fingerprint density at radius 1 is 0.302 bits per heavy atom. The summed E-state index contributed by atoms with van der Waals surface area (Å²) in [5.74, 6) is 1.92. The Hall–Kier alpha value is -8.19. The zero-order chi connectivity index (χ0) is 41.4. The molecule has 0 saturated heterocycles. The van der Waals surface area contributed by atoms with Crippen LogP contribution in [0.1, 0.15) is 0 Å². The van der Waals surface area contributed by atoms with Gasteiger partial charge in [-0.3, -0.25) is 0 Å². The molecular formula is C57H35N5S. The van der Waals surface area contributed by atoms with Crippen molar-refractivity contribution >= 4 is 75.1 Å². The fourth-order valence-corrected chi connectivity index (χ4v) is 10.7. The zero-order valence-electron chi connectivity index (χ0n) is 33.9. The number of aromatic nitrogens is 5. The summed E-state index contributed by atoms with van der Waals surface area (Å²) < 4.78 is 7.38. The van der Waals surface area contributed by atoms with Crippen molar-refractivity contribution in [2.24, 2.45) is 0 Å². The van der Waals surface area contributed by atoms with Crippen molar-refractivity contribution in [1.29, 1.82) is 0 Å². The Bertz CT molecular complexity index is 3790. The average molecular weight is 822 g/mol. The van der Waals surface area contributed by atoms with Crippen LogP contribution in [-0.2, 0) is 0 Å². The van der Waals surface area contributed by atoms with Crippen LogP contribution in [0.2, 0.25) is 0 Å². The van der Waals surface area contributed by atoms with E-state index in [0.717, 1.165) is 39.0 Å². The molecule has 0 fully saturated rings. The van der Waals surface area contributed by atoms with Crippen molar-refractivity contribution in [3.8, 4) is 56.7 Å². The molecule has 4 heterocycles. The highest BCUT2D eigenvalue weighted by atomic mass is 32.1. The van der Waals surface area contributed by atoms with Gasteiger partial charge in [-0.15, -0.1) is 11.3 Å². The SMILES string of the molecule is c1ccc(-c2nc(-c3ccccc3)nc(-c3ccccc3-c3ccc4c5c6c(ccc5n(-c5ccccc5)c4c3)sc3cc(-n4c5ccccc5c5ccccc54)ccc36)n2)cc1. The number of thiophene rings is 1. The third-order valence-corrected chi connectivity index (χ3v) is 13.5. The summed E-state index contributed by atoms with van der Waals surface area (Å²) in [6.07, 6.45) is 0. The molecule has 9 aromatic carbocycles. The maximum absolute atomic E-state index is 5.13. The Labute approximate surface area is 366 Å². The first-order valence-corrected chi connectivity index (χ1v) is 22.0. The van der Waals surface area contributed by atoms with Crippen LogP contribution in [0, 0.1) is 0 Å². The van der Waals surface area contributed by atoms with Crippen molar-refractivity contribution in [1.82, 2.24) is 24.1 Å². The molecule has 0 aliphatic carbocycles. The number of nitrogens with zero attached hydrogens (tertiary/aromatic N) is 5. The fraction of sp³-hybridized carbons (Fsp3) is 0. The van der Waals surface area contributed by atoms with Gasteiger partial charge in [0.05, 0.1) is 22.1 Å². The van der Waals surface area contributed by atoms with E-state index in [1.54, 1.807) is 0 Å². The quantitative estimate of drug-likeness (QED) is 0.168. The normalized spacial score (nSPS) is 11.8. The Morgan fingerprint density at radius 2 is 0.857 bits per heavy atom. The second-order valence-corrected chi connectivity index (χ2v) is 17.1. The molecule has 0 amide bonds. The van der Waals surface area contributed by atoms with Crippen LogP contribution >= 0.6 is 11.3 Å². The van der Waals surface area contributed by atoms with Gasteiger partial charge in [0.25, 0.3) is 0 Å². The molecule has 4 aromatic heterocycles. The topological polar surface area (TPSA) is 48.5 Å². The maximum Gasteiger partial charge on any atom is 0.164 e. The van der Waals surface area contributed by atoms with Gasteiger partial charge in [0.1, 0.15) is 0 Å². The number of hydrogen-bond acceptors (Lipinski definition) is 4. The van der Waals surface area contributed by atoms with Gasteiger partial charge in [-0.1, -0.05) is 158 Å². The average Bonchev–Trinajstić information content (AvgIpc) is 4.01. The second kappa shape index (κ2) is 14.2. The molecule has 0 radical (unpaired) electrons. The van der Waals surface area contributed by atoms with E-state index < -0.39 is 0 Å². The van der Waals surface area contributed by atoms with Crippen molar-refractivity contribution < 1.29 is 0 Å². The lowest BCUT2D eigenvalue weighted by molar-refractivity contribution is 1.07. The van der Waals surface area contributed by atoms with Gasteiger partial charge in [-0.25, -0.2) is 15.0 Å². The number of para-hydroxylation sites is 3. The van der Waals surface area contributed by atoms with Gasteiger partial charge in [-0.2, -0.15) is 0 Å². The van der Waals surface area contributed by atoms with E-state index in [0.29, 0.717) is 17.5 Å². The van der Waals surface area contributed by atoms with Gasteiger partial charge < -0.3 is 9.13 Å². The van der Waals surface area contributed by atoms with Gasteiger partial charge >= 0.3 is 0 Å². The van der Waals surface area contributed by atoms with Gasteiger partial charge in [0.15, 0.2) is 17.5 Å². The molecule has 63 heavy (non-hydrogen) atoms. The molecule has 0 saturated carbocycles. The predicted octanol–water partition coefficient (Wildman–Crippen LogP) is 15.1. The van der Waals surface area contributed by atoms with Crippen molar-refractivity contribution in [2.45, 2.75) is 0 Å². The van der Waals surface area contributed by atoms with Gasteiger partial charge in [-0.05, 0) is 65.7 Å². The Morgan fingerprint density at radius 3 is 1.54 bits per heavy atom. The molecule has 0 atom stereocenters. The third kappa shape index (κ3) is 5.66. The minimum atomic E-state index is 0.633. The Balaban J connectivity index is 1.02. The summed E-state index contributed by atoms with van der Waals surface area (Å²) in [4.78, 5) is 15.2. The third-order valence-electron chi connectivity index (χ3n) is 12.4. The van der Waals surface area contributed by atoms with Crippen molar-refractivity contribution in [3.05, 3.63) is 212 Å². The van der Waals surface area contributed by atoms with E-state index in [9.17, 15) is 0 Å². The van der Waals surface area contributed by atoms with Crippen molar-refractivity contribution in [3.63, 3.8) is 0 Å². The highest BCUT2D eigenvalue weighted by Gasteiger charge is 2.21. The summed E-state index contributed by atoms with van der Waals surface area (Å²) in [6, 6.07) is 75.5. The summed E-state index contributed by atoms with van der Waals surface area (Å²) in [7, 11) is 0. The molecule has 6 heteroatoms. The molecule has 0 N–H and O–H groups in total. The number of rotatable bonds is 6. The summed E-state index contributed by atoms with van der Waals surface area (Å²) in [6.45, 7) is 0. The molecule has 0 bridgehead atoms. The van der Waals surface area contributed by atoms with E-state index in [1.165, 1.54) is 64.0 Å². The summed E-state index contributed by atoms with van der Waals surface area (Å²) in [5, 5.41) is 7.57. The first-order valence-electron chi connectivity index (χ1n) is 21.2. The minimum Gasteiger partial charge on any atom is -0.309 e. The van der Waals surface area contributed by atoms with E-state index in [2.05, 4.69) is 185 Å². The fourth-order valence-electron chi connectivity index (χ4n) is 9.58. The van der Waals surface area contributed by atoms with E-state index in [-0.39, 0.29) is 0 Å². The predicted molar refractivity (Wildman–Crippen MR) is 263 cm³/mol. The van der Waals surface area contributed by atoms with Gasteiger partial charge in [0, 0.05) is 69.8 Å². The number of benzene rings is 9. The van der Waals surface area contributed by atoms with Crippen LogP contribution in [0.5, 0.6) is 0 Å². The van der Waals surface area contributed by atoms with Crippen LogP contribution in [0.15, 0.2) is 212 Å². The first kappa shape index (κ1) is 35.6. The standard InChI is InChI=1S/C57H35N5S/c1-4-16-36(17-5-1)55-58-56(37-18-6-2-7-19-37)60-57(59-55)44-25-11-10-22-41(44)38-28-30-45-50(34-38)61(39-20-8-3-9-21-39)49-32-33-51-54(53(45)49)46-31-29-40(35-52(46)63-51)62-47-26-14-12-23-42(47)43-24-13-15-27-48(43)62/h1-35H. The molecular weight excluding hydrogens is 787 g/mol. The lowest BCUT2D eigenvalue weighted by atomic mass is 9.97. The molecule has 294 valence electrons. The zero-order valence-corrected chi connectivity index (χ0v) is 34.7. The smallest absolute Gasteiger partial charge is 0.164 e. The van der Waals surface area contributed by atoms with Crippen LogP contribution in [0.25, 0.3) is 120 Å². The molecule has 13 rings (SSSR count). The largest absolute Gasteiger partial charge is 0.309 e. The number of hydrogen-bond donors (Lipinski definition) is 0. The molecule has 0 aliphatic rings. The summed E-state index contributed by atoms with van der Waals surface area (Å²) in [5.41, 5.74) is 12.0. The first-order chi connectivity index (χ1) is 31.2. The Kier molecular flexibility index (Phi) is 8.01. The monoisotopic (exact) mass is 821 g/mol. The van der Waals surface area contributed by atoms with E-state index in [1.807, 2.05) is 47.7 Å². The lowest BCUT2D eigenvalue weighted by Gasteiger charge is -2.13. The van der Waals surface area contributed by atoms with Crippen molar-refractivity contribution in [2.75, 3.05) is 0 Å². The van der Waals surface area contributed by atoms with E-state index >= 15 is 0 Å². The molecule has 0 unspecified atom stereocenters. The molecule has 5 nitrogen and oxygen atoms in total. The maximum atomic E-state index is 5.13. The molecule has 0 aliphatic heterocycles. The highest BCUT2D eigenvalue weighted by Crippen LogP contribution is 2.46. The minimum absolute atomic E-state index is 0.633. The molecule has 13 aromatic rings. The molecule has 0 spiro atoms. The van der Waals surface area contributed by atoms with Crippen LogP contribution in [0.3, 0.4) is 0 Å². The second-order valence-electron chi connectivity index (χ2n) is 16.0. The van der Waals surface area contributed by atoms with Crippen LogP contribution in [0.4, 0.5) is 0 Å².